The average Bonchev–Trinajstić information content (AvgIpc) is 3.22. The highest BCUT2D eigenvalue weighted by Crippen LogP contribution is 2.27. The first-order valence-corrected chi connectivity index (χ1v) is 10.2. The van der Waals surface area contributed by atoms with E-state index in [1.54, 1.807) is 29.3 Å². The molecule has 1 aliphatic rings. The van der Waals surface area contributed by atoms with E-state index in [4.69, 9.17) is 4.84 Å². The molecular weight excluding hydrogens is 352 g/mol. The van der Waals surface area contributed by atoms with Crippen molar-refractivity contribution in [1.29, 1.82) is 0 Å². The second-order valence-electron chi connectivity index (χ2n) is 6.33. The number of hydrogen-bond acceptors (Lipinski definition) is 4. The third-order valence-electron chi connectivity index (χ3n) is 4.57. The van der Waals surface area contributed by atoms with E-state index in [0.717, 1.165) is 29.3 Å². The van der Waals surface area contributed by atoms with Gasteiger partial charge in [0.15, 0.2) is 16.4 Å². The molecule has 0 N–H and O–H groups in total. The molecule has 0 saturated carbocycles. The van der Waals surface area contributed by atoms with Crippen LogP contribution >= 0.6 is 0 Å². The van der Waals surface area contributed by atoms with E-state index in [1.807, 2.05) is 30.3 Å². The van der Waals surface area contributed by atoms with Crippen molar-refractivity contribution in [3.8, 4) is 0 Å². The zero-order valence-electron chi connectivity index (χ0n) is 14.3. The van der Waals surface area contributed by atoms with Crippen LogP contribution in [0.25, 0.3) is 10.9 Å². The molecular formula is C19H18N2O4S. The summed E-state index contributed by atoms with van der Waals surface area (Å²) in [5, 5.41) is 0.844. The van der Waals surface area contributed by atoms with Crippen LogP contribution in [0, 0.1) is 0 Å². The molecule has 6 nitrogen and oxygen atoms in total. The molecule has 0 bridgehead atoms. The Hall–Kier alpha value is -2.80. The lowest BCUT2D eigenvalue weighted by molar-refractivity contribution is -0.123. The lowest BCUT2D eigenvalue weighted by Gasteiger charge is -2.17. The smallest absolute Gasteiger partial charge is 0.267 e. The first-order chi connectivity index (χ1) is 12.4. The third kappa shape index (κ3) is 2.94. The van der Waals surface area contributed by atoms with E-state index < -0.39 is 9.84 Å². The number of fused-ring (bicyclic) bond motifs is 2. The molecule has 0 spiro atoms. The molecule has 26 heavy (non-hydrogen) atoms. The topological polar surface area (TPSA) is 68.6 Å². The molecule has 1 aromatic heterocycles. The predicted octanol–water partition coefficient (Wildman–Crippen LogP) is 2.06. The van der Waals surface area contributed by atoms with Crippen LogP contribution in [0.15, 0.2) is 59.6 Å². The Bertz CT molecular complexity index is 1100. The van der Waals surface area contributed by atoms with Crippen molar-refractivity contribution in [3.63, 3.8) is 0 Å². The van der Waals surface area contributed by atoms with Crippen molar-refractivity contribution >= 4 is 32.3 Å². The van der Waals surface area contributed by atoms with E-state index in [9.17, 15) is 13.2 Å². The minimum Gasteiger partial charge on any atom is -0.404 e. The van der Waals surface area contributed by atoms with Crippen LogP contribution in [-0.4, -0.2) is 38.5 Å². The van der Waals surface area contributed by atoms with Gasteiger partial charge in [-0.15, -0.1) is 0 Å². The van der Waals surface area contributed by atoms with Gasteiger partial charge in [0, 0.05) is 30.1 Å². The summed E-state index contributed by atoms with van der Waals surface area (Å²) >= 11 is 0. The van der Waals surface area contributed by atoms with Crippen LogP contribution in [-0.2, 0) is 21.1 Å². The highest BCUT2D eigenvalue weighted by Gasteiger charge is 2.24. The summed E-state index contributed by atoms with van der Waals surface area (Å²) in [7, 11) is -3.31. The number of sulfone groups is 1. The summed E-state index contributed by atoms with van der Waals surface area (Å²) in [6.45, 7) is 0.521. The van der Waals surface area contributed by atoms with Crippen LogP contribution in [0.3, 0.4) is 0 Å². The zero-order chi connectivity index (χ0) is 18.3. The van der Waals surface area contributed by atoms with E-state index >= 15 is 0 Å². The number of benzene rings is 2. The van der Waals surface area contributed by atoms with Crippen molar-refractivity contribution in [2.75, 3.05) is 24.3 Å². The number of amides is 1. The minimum absolute atomic E-state index is 0.124. The highest BCUT2D eigenvalue weighted by molar-refractivity contribution is 7.90. The number of nitrogens with zero attached hydrogens (tertiary/aromatic N) is 2. The normalized spacial score (nSPS) is 13.8. The number of carbonyl (C=O) groups excluding carboxylic acids is 1. The Morgan fingerprint density at radius 3 is 2.77 bits per heavy atom. The fourth-order valence-electron chi connectivity index (χ4n) is 3.23. The predicted molar refractivity (Wildman–Crippen MR) is 99.0 cm³/mol. The van der Waals surface area contributed by atoms with Crippen LogP contribution in [0.2, 0.25) is 0 Å². The molecule has 3 aromatic rings. The molecule has 4 rings (SSSR count). The van der Waals surface area contributed by atoms with E-state index in [1.165, 1.54) is 4.73 Å². The molecule has 1 amide bonds. The average molecular weight is 370 g/mol. The second-order valence-corrected chi connectivity index (χ2v) is 8.35. The van der Waals surface area contributed by atoms with Crippen molar-refractivity contribution in [2.45, 2.75) is 11.3 Å². The van der Waals surface area contributed by atoms with Gasteiger partial charge < -0.3 is 9.74 Å². The summed E-state index contributed by atoms with van der Waals surface area (Å²) in [4.78, 5) is 20.1. The van der Waals surface area contributed by atoms with Gasteiger partial charge in [-0.2, -0.15) is 4.73 Å². The molecule has 0 saturated heterocycles. The van der Waals surface area contributed by atoms with Gasteiger partial charge in [-0.05, 0) is 36.2 Å². The molecule has 0 fully saturated rings. The Kier molecular flexibility index (Phi) is 3.96. The largest absolute Gasteiger partial charge is 0.404 e. The summed E-state index contributed by atoms with van der Waals surface area (Å²) in [6.07, 6.45) is 3.69. The molecule has 0 aliphatic carbocycles. The van der Waals surface area contributed by atoms with Gasteiger partial charge in [0.25, 0.3) is 5.91 Å². The quantitative estimate of drug-likeness (QED) is 0.705. The summed E-state index contributed by atoms with van der Waals surface area (Å²) in [5.41, 5.74) is 2.70. The summed E-state index contributed by atoms with van der Waals surface area (Å²) in [6, 6.07) is 14.5. The molecule has 0 radical (unpaired) electrons. The first kappa shape index (κ1) is 16.7. The van der Waals surface area contributed by atoms with Gasteiger partial charge in [0.1, 0.15) is 0 Å². The minimum atomic E-state index is -3.31. The molecule has 7 heteroatoms. The third-order valence-corrected chi connectivity index (χ3v) is 5.68. The van der Waals surface area contributed by atoms with Gasteiger partial charge in [-0.3, -0.25) is 4.79 Å². The Morgan fingerprint density at radius 2 is 1.96 bits per heavy atom. The van der Waals surface area contributed by atoms with Crippen LogP contribution in [0.4, 0.5) is 5.69 Å². The maximum absolute atomic E-state index is 12.6. The van der Waals surface area contributed by atoms with Gasteiger partial charge in [-0.1, -0.05) is 24.3 Å². The molecule has 2 heterocycles. The monoisotopic (exact) mass is 370 g/mol. The van der Waals surface area contributed by atoms with E-state index in [0.29, 0.717) is 12.1 Å². The van der Waals surface area contributed by atoms with Crippen molar-refractivity contribution in [2.24, 2.45) is 0 Å². The van der Waals surface area contributed by atoms with Gasteiger partial charge >= 0.3 is 0 Å². The van der Waals surface area contributed by atoms with Crippen molar-refractivity contribution in [1.82, 2.24) is 4.73 Å². The Morgan fingerprint density at radius 1 is 1.15 bits per heavy atom. The molecule has 2 aromatic carbocycles. The lowest BCUT2D eigenvalue weighted by atomic mass is 10.2. The van der Waals surface area contributed by atoms with Crippen LogP contribution in [0.5, 0.6) is 0 Å². The molecule has 0 atom stereocenters. The van der Waals surface area contributed by atoms with Gasteiger partial charge in [0.2, 0.25) is 0 Å². The standard InChI is InChI=1S/C19H18N2O4S/c1-26(23,24)16-7-6-15-9-11-21(18(15)12-16)25-13-19(22)20-10-8-14-4-2-3-5-17(14)20/h2-7,9,11-12H,8,10,13H2,1H3. The van der Waals surface area contributed by atoms with Crippen LogP contribution in [0.1, 0.15) is 5.56 Å². The van der Waals surface area contributed by atoms with Gasteiger partial charge in [-0.25, -0.2) is 8.42 Å². The second kappa shape index (κ2) is 6.17. The SMILES string of the molecule is CS(=O)(=O)c1ccc2ccn(OCC(=O)N3CCc4ccccc43)c2c1. The highest BCUT2D eigenvalue weighted by atomic mass is 32.2. The summed E-state index contributed by atoms with van der Waals surface area (Å²) < 4.78 is 25.0. The fourth-order valence-corrected chi connectivity index (χ4v) is 3.87. The van der Waals surface area contributed by atoms with E-state index in [-0.39, 0.29) is 17.4 Å². The maximum atomic E-state index is 12.6. The van der Waals surface area contributed by atoms with E-state index in [2.05, 4.69) is 0 Å². The molecule has 1 aliphatic heterocycles. The molecule has 134 valence electrons. The number of carbonyl (C=O) groups is 1. The number of aromatic nitrogens is 1. The zero-order valence-corrected chi connectivity index (χ0v) is 15.1. The fraction of sp³-hybridized carbons (Fsp3) is 0.211. The van der Waals surface area contributed by atoms with Gasteiger partial charge in [0.05, 0.1) is 10.4 Å². The number of rotatable bonds is 4. The van der Waals surface area contributed by atoms with Crippen molar-refractivity contribution in [3.05, 3.63) is 60.3 Å². The number of hydrogen-bond donors (Lipinski definition) is 0. The number of anilines is 1. The maximum Gasteiger partial charge on any atom is 0.267 e. The Labute approximate surface area is 151 Å². The van der Waals surface area contributed by atoms with Crippen LogP contribution < -0.4 is 9.74 Å². The Balaban J connectivity index is 1.54. The number of para-hydroxylation sites is 1. The first-order valence-electron chi connectivity index (χ1n) is 8.26. The lowest BCUT2D eigenvalue weighted by Crippen LogP contribution is -2.35. The summed E-state index contributed by atoms with van der Waals surface area (Å²) in [5.74, 6) is -0.129. The molecule has 0 unspecified atom stereocenters. The van der Waals surface area contributed by atoms with Crippen molar-refractivity contribution < 1.29 is 18.0 Å².